The first kappa shape index (κ1) is 22.3. The highest BCUT2D eigenvalue weighted by Crippen LogP contribution is 2.44. The average molecular weight is 471 g/mol. The Morgan fingerprint density at radius 2 is 1.68 bits per heavy atom. The van der Waals surface area contributed by atoms with Crippen molar-refractivity contribution in [2.75, 3.05) is 4.90 Å². The molecule has 1 fully saturated rings. The zero-order valence-corrected chi connectivity index (χ0v) is 20.5. The Morgan fingerprint density at radius 1 is 0.912 bits per heavy atom. The average Bonchev–Trinajstić information content (AvgIpc) is 3.32. The zero-order chi connectivity index (χ0) is 24.0. The first-order valence-corrected chi connectivity index (χ1v) is 11.8. The number of aryl methyl sites for hydroxylation is 3. The highest BCUT2D eigenvalue weighted by molar-refractivity contribution is 7.80. The van der Waals surface area contributed by atoms with Gasteiger partial charge in [0, 0.05) is 23.3 Å². The van der Waals surface area contributed by atoms with Crippen molar-refractivity contribution in [2.45, 2.75) is 39.8 Å². The number of aromatic nitrogens is 2. The number of hydrogen-bond acceptors (Lipinski definition) is 2. The van der Waals surface area contributed by atoms with Gasteiger partial charge in [-0.1, -0.05) is 24.3 Å². The van der Waals surface area contributed by atoms with Crippen LogP contribution in [-0.4, -0.2) is 14.7 Å². The molecule has 0 bridgehead atoms. The minimum absolute atomic E-state index is 0.142. The quantitative estimate of drug-likeness (QED) is 0.349. The monoisotopic (exact) mass is 470 g/mol. The summed E-state index contributed by atoms with van der Waals surface area (Å²) in [6.45, 7) is 8.28. The molecule has 0 unspecified atom stereocenters. The molecule has 2 aromatic heterocycles. The molecule has 4 aromatic rings. The van der Waals surface area contributed by atoms with Gasteiger partial charge >= 0.3 is 0 Å². The fraction of sp³-hybridized carbons (Fsp3) is 0.214. The summed E-state index contributed by atoms with van der Waals surface area (Å²) < 4.78 is 16.8. The molecule has 2 aromatic carbocycles. The number of nitrogens with zero attached hydrogens (tertiary/aromatic N) is 3. The number of halogens is 1. The Balaban J connectivity index is 1.70. The van der Waals surface area contributed by atoms with Crippen molar-refractivity contribution in [2.24, 2.45) is 0 Å². The van der Waals surface area contributed by atoms with Crippen LogP contribution in [0, 0.1) is 33.5 Å². The Kier molecular flexibility index (Phi) is 5.70. The standard InChI is InChI=1S/C28H27FN4S/c1-17-12-13-21(15-18(17)2)33-27(26(31-28(33)34)24-10-7-8-14-30-24)22-16-19(3)32(20(22)4)25-11-6-5-9-23(25)29/h5-16,26-27H,1-4H3,(H,31,34)/t26-,27-/m1/s1. The predicted molar refractivity (Wildman–Crippen MR) is 139 cm³/mol. The molecular formula is C28H27FN4S. The van der Waals surface area contributed by atoms with Gasteiger partial charge in [-0.15, -0.1) is 0 Å². The molecule has 0 spiro atoms. The third-order valence-electron chi connectivity index (χ3n) is 6.75. The van der Waals surface area contributed by atoms with Gasteiger partial charge in [0.05, 0.1) is 23.5 Å². The Morgan fingerprint density at radius 3 is 2.38 bits per heavy atom. The van der Waals surface area contributed by atoms with Crippen LogP contribution in [0.1, 0.15) is 45.9 Å². The number of rotatable bonds is 4. The first-order chi connectivity index (χ1) is 16.4. The molecular weight excluding hydrogens is 443 g/mol. The van der Waals surface area contributed by atoms with E-state index in [9.17, 15) is 4.39 Å². The zero-order valence-electron chi connectivity index (χ0n) is 19.7. The summed E-state index contributed by atoms with van der Waals surface area (Å²) in [7, 11) is 0. The van der Waals surface area contributed by atoms with E-state index in [0.717, 1.165) is 28.3 Å². The molecule has 1 saturated heterocycles. The van der Waals surface area contributed by atoms with Crippen molar-refractivity contribution >= 4 is 23.0 Å². The molecule has 1 aliphatic heterocycles. The lowest BCUT2D eigenvalue weighted by molar-refractivity contribution is 0.564. The molecule has 0 saturated carbocycles. The summed E-state index contributed by atoms with van der Waals surface area (Å²) in [5.74, 6) is -0.247. The molecule has 3 heterocycles. The van der Waals surface area contributed by atoms with Gasteiger partial charge in [-0.25, -0.2) is 4.39 Å². The van der Waals surface area contributed by atoms with Crippen LogP contribution in [0.3, 0.4) is 0 Å². The van der Waals surface area contributed by atoms with Gasteiger partial charge in [0.2, 0.25) is 0 Å². The number of pyridine rings is 1. The van der Waals surface area contributed by atoms with E-state index >= 15 is 0 Å². The van der Waals surface area contributed by atoms with Crippen molar-refractivity contribution in [3.8, 4) is 5.69 Å². The maximum absolute atomic E-state index is 14.8. The minimum atomic E-state index is -0.247. The lowest BCUT2D eigenvalue weighted by atomic mass is 9.96. The highest BCUT2D eigenvalue weighted by Gasteiger charge is 2.42. The SMILES string of the molecule is Cc1ccc(N2C(=S)N[C@H](c3ccccn3)[C@H]2c2cc(C)n(-c3ccccc3F)c2C)cc1C. The summed E-state index contributed by atoms with van der Waals surface area (Å²) in [5, 5.41) is 4.17. The van der Waals surface area contributed by atoms with Gasteiger partial charge in [-0.2, -0.15) is 0 Å². The molecule has 0 amide bonds. The van der Waals surface area contributed by atoms with Crippen molar-refractivity contribution in [3.05, 3.63) is 113 Å². The number of anilines is 1. The summed E-state index contributed by atoms with van der Waals surface area (Å²) in [6.07, 6.45) is 1.80. The fourth-order valence-corrected chi connectivity index (χ4v) is 5.26. The third-order valence-corrected chi connectivity index (χ3v) is 7.06. The molecule has 0 aliphatic carbocycles. The van der Waals surface area contributed by atoms with E-state index in [1.54, 1.807) is 12.3 Å². The molecule has 172 valence electrons. The van der Waals surface area contributed by atoms with Crippen LogP contribution in [0.2, 0.25) is 0 Å². The smallest absolute Gasteiger partial charge is 0.174 e. The van der Waals surface area contributed by atoms with Gasteiger partial charge in [-0.3, -0.25) is 4.98 Å². The van der Waals surface area contributed by atoms with Gasteiger partial charge in [0.15, 0.2) is 5.11 Å². The fourth-order valence-electron chi connectivity index (χ4n) is 4.92. The lowest BCUT2D eigenvalue weighted by Crippen LogP contribution is -2.29. The molecule has 5 rings (SSSR count). The Hall–Kier alpha value is -3.51. The summed E-state index contributed by atoms with van der Waals surface area (Å²) in [6, 6.07) is 21.1. The maximum Gasteiger partial charge on any atom is 0.174 e. The van der Waals surface area contributed by atoms with Gasteiger partial charge < -0.3 is 14.8 Å². The van der Waals surface area contributed by atoms with E-state index in [1.165, 1.54) is 17.2 Å². The number of nitrogens with one attached hydrogen (secondary N) is 1. The van der Waals surface area contributed by atoms with E-state index in [-0.39, 0.29) is 17.9 Å². The second-order valence-corrected chi connectivity index (χ2v) is 9.27. The van der Waals surface area contributed by atoms with Crippen LogP contribution < -0.4 is 10.2 Å². The molecule has 2 atom stereocenters. The first-order valence-electron chi connectivity index (χ1n) is 11.4. The highest BCUT2D eigenvalue weighted by atomic mass is 32.1. The van der Waals surface area contributed by atoms with Gasteiger partial charge in [-0.05, 0) is 99.1 Å². The van der Waals surface area contributed by atoms with Crippen LogP contribution in [-0.2, 0) is 0 Å². The summed E-state index contributed by atoms with van der Waals surface area (Å²) >= 11 is 5.87. The molecule has 34 heavy (non-hydrogen) atoms. The van der Waals surface area contributed by atoms with Crippen molar-refractivity contribution in [3.63, 3.8) is 0 Å². The van der Waals surface area contributed by atoms with Crippen molar-refractivity contribution < 1.29 is 4.39 Å². The normalized spacial score (nSPS) is 17.8. The lowest BCUT2D eigenvalue weighted by Gasteiger charge is -2.28. The van der Waals surface area contributed by atoms with Crippen molar-refractivity contribution in [1.82, 2.24) is 14.9 Å². The van der Waals surface area contributed by atoms with E-state index < -0.39 is 0 Å². The van der Waals surface area contributed by atoms with Gasteiger partial charge in [0.1, 0.15) is 5.82 Å². The van der Waals surface area contributed by atoms with Crippen LogP contribution in [0.5, 0.6) is 0 Å². The topological polar surface area (TPSA) is 33.1 Å². The maximum atomic E-state index is 14.8. The van der Waals surface area contributed by atoms with Crippen LogP contribution in [0.4, 0.5) is 10.1 Å². The Bertz CT molecular complexity index is 1380. The molecule has 4 nitrogen and oxygen atoms in total. The van der Waals surface area contributed by atoms with E-state index in [0.29, 0.717) is 10.8 Å². The van der Waals surface area contributed by atoms with E-state index in [2.05, 4.69) is 53.3 Å². The molecule has 6 heteroatoms. The number of hydrogen-bond donors (Lipinski definition) is 1. The van der Waals surface area contributed by atoms with Crippen LogP contribution in [0.25, 0.3) is 5.69 Å². The van der Waals surface area contributed by atoms with Crippen LogP contribution >= 0.6 is 12.2 Å². The Labute approximate surface area is 205 Å². The predicted octanol–water partition coefficient (Wildman–Crippen LogP) is 6.42. The summed E-state index contributed by atoms with van der Waals surface area (Å²) in [4.78, 5) is 6.82. The van der Waals surface area contributed by atoms with E-state index in [1.807, 2.05) is 48.7 Å². The second-order valence-electron chi connectivity index (χ2n) is 8.88. The van der Waals surface area contributed by atoms with Crippen LogP contribution in [0.15, 0.2) is 72.9 Å². The number of para-hydroxylation sites is 1. The number of thiocarbonyl (C=S) groups is 1. The number of benzene rings is 2. The molecule has 1 N–H and O–H groups in total. The summed E-state index contributed by atoms with van der Waals surface area (Å²) in [5.41, 5.74) is 7.96. The van der Waals surface area contributed by atoms with Gasteiger partial charge in [0.25, 0.3) is 0 Å². The van der Waals surface area contributed by atoms with Crippen molar-refractivity contribution in [1.29, 1.82) is 0 Å². The third kappa shape index (κ3) is 3.68. The minimum Gasteiger partial charge on any atom is -0.351 e. The molecule has 0 radical (unpaired) electrons. The second kappa shape index (κ2) is 8.69. The van der Waals surface area contributed by atoms with E-state index in [4.69, 9.17) is 12.2 Å². The largest absolute Gasteiger partial charge is 0.351 e. The molecule has 1 aliphatic rings.